The standard InChI is InChI=1S/C16H22F3N3O2/c1-8(2)12-5-13(21-14(20-12)9(3)4)22-6-10(15(23)24)11(7-22)16(17,18)19/h5,8-11H,6-7H2,1-4H3,(H,23,24)/t10-,11-/m1/s1. The third-order valence-electron chi connectivity index (χ3n) is 4.24. The van der Waals surface area contributed by atoms with Crippen molar-refractivity contribution < 1.29 is 23.1 Å². The number of alkyl halides is 3. The number of hydrogen-bond acceptors (Lipinski definition) is 4. The quantitative estimate of drug-likeness (QED) is 0.906. The van der Waals surface area contributed by atoms with Gasteiger partial charge in [-0.05, 0) is 5.92 Å². The number of aromatic nitrogens is 2. The molecule has 134 valence electrons. The maximum atomic E-state index is 13.2. The van der Waals surface area contributed by atoms with Gasteiger partial charge in [-0.1, -0.05) is 27.7 Å². The van der Waals surface area contributed by atoms with E-state index < -0.39 is 30.5 Å². The second-order valence-electron chi connectivity index (χ2n) is 6.82. The SMILES string of the molecule is CC(C)c1cc(N2C[C@@H](C(F)(F)F)[C@H](C(=O)O)C2)nc(C(C)C)n1. The first-order chi connectivity index (χ1) is 11.0. The van der Waals surface area contributed by atoms with Crippen molar-refractivity contribution in [3.63, 3.8) is 0 Å². The number of carboxylic acids is 1. The van der Waals surface area contributed by atoms with E-state index in [4.69, 9.17) is 5.11 Å². The zero-order valence-electron chi connectivity index (χ0n) is 14.1. The molecule has 1 aromatic rings. The molecule has 0 bridgehead atoms. The zero-order valence-corrected chi connectivity index (χ0v) is 14.1. The van der Waals surface area contributed by atoms with Gasteiger partial charge in [-0.3, -0.25) is 4.79 Å². The van der Waals surface area contributed by atoms with Crippen molar-refractivity contribution in [3.05, 3.63) is 17.6 Å². The monoisotopic (exact) mass is 345 g/mol. The molecule has 0 radical (unpaired) electrons. The molecule has 5 nitrogen and oxygen atoms in total. The lowest BCUT2D eigenvalue weighted by atomic mass is 9.96. The molecule has 1 aliphatic heterocycles. The Morgan fingerprint density at radius 1 is 1.21 bits per heavy atom. The molecule has 1 saturated heterocycles. The van der Waals surface area contributed by atoms with Crippen molar-refractivity contribution in [2.75, 3.05) is 18.0 Å². The van der Waals surface area contributed by atoms with Gasteiger partial charge in [-0.15, -0.1) is 0 Å². The van der Waals surface area contributed by atoms with E-state index in [1.54, 1.807) is 6.07 Å². The van der Waals surface area contributed by atoms with Crippen molar-refractivity contribution in [2.45, 2.75) is 45.7 Å². The molecule has 24 heavy (non-hydrogen) atoms. The molecule has 1 N–H and O–H groups in total. The van der Waals surface area contributed by atoms with Gasteiger partial charge in [0.2, 0.25) is 0 Å². The van der Waals surface area contributed by atoms with Gasteiger partial charge in [-0.25, -0.2) is 9.97 Å². The van der Waals surface area contributed by atoms with Crippen LogP contribution in [-0.2, 0) is 4.79 Å². The van der Waals surface area contributed by atoms with Gasteiger partial charge in [0.1, 0.15) is 11.6 Å². The Bertz CT molecular complexity index is 591. The minimum absolute atomic E-state index is 0.0266. The molecule has 0 aromatic carbocycles. The lowest BCUT2D eigenvalue weighted by Gasteiger charge is -2.21. The summed E-state index contributed by atoms with van der Waals surface area (Å²) in [6, 6.07) is 1.66. The molecule has 0 unspecified atom stereocenters. The van der Waals surface area contributed by atoms with Gasteiger partial charge in [0.25, 0.3) is 0 Å². The average Bonchev–Trinajstić information content (AvgIpc) is 2.92. The van der Waals surface area contributed by atoms with E-state index in [1.165, 1.54) is 4.90 Å². The topological polar surface area (TPSA) is 66.3 Å². The van der Waals surface area contributed by atoms with Crippen molar-refractivity contribution >= 4 is 11.8 Å². The maximum absolute atomic E-state index is 13.2. The minimum atomic E-state index is -4.55. The van der Waals surface area contributed by atoms with E-state index in [-0.39, 0.29) is 18.4 Å². The third-order valence-corrected chi connectivity index (χ3v) is 4.24. The van der Waals surface area contributed by atoms with E-state index >= 15 is 0 Å². The Kier molecular flexibility index (Phi) is 5.05. The van der Waals surface area contributed by atoms with Crippen molar-refractivity contribution in [1.82, 2.24) is 9.97 Å². The number of aliphatic carboxylic acids is 1. The average molecular weight is 345 g/mol. The number of halogens is 3. The molecule has 0 saturated carbocycles. The van der Waals surface area contributed by atoms with Crippen LogP contribution in [-0.4, -0.2) is 40.3 Å². The van der Waals surface area contributed by atoms with Crippen LogP contribution in [0, 0.1) is 11.8 Å². The molecule has 0 amide bonds. The molecule has 1 aromatic heterocycles. The minimum Gasteiger partial charge on any atom is -0.481 e. The summed E-state index contributed by atoms with van der Waals surface area (Å²) in [5, 5.41) is 9.14. The summed E-state index contributed by atoms with van der Waals surface area (Å²) in [7, 11) is 0. The first-order valence-electron chi connectivity index (χ1n) is 7.94. The van der Waals surface area contributed by atoms with Crippen LogP contribution in [0.2, 0.25) is 0 Å². The zero-order chi connectivity index (χ0) is 18.2. The first kappa shape index (κ1) is 18.5. The van der Waals surface area contributed by atoms with Crippen LogP contribution in [0.15, 0.2) is 6.07 Å². The summed E-state index contributed by atoms with van der Waals surface area (Å²) in [6.45, 7) is 7.10. The van der Waals surface area contributed by atoms with Gasteiger partial charge in [0.05, 0.1) is 11.8 Å². The van der Waals surface area contributed by atoms with Crippen molar-refractivity contribution in [2.24, 2.45) is 11.8 Å². The molecule has 1 fully saturated rings. The van der Waals surface area contributed by atoms with E-state index in [2.05, 4.69) is 9.97 Å². The molecular weight excluding hydrogens is 323 g/mol. The predicted octanol–water partition coefficient (Wildman–Crippen LogP) is 3.42. The summed E-state index contributed by atoms with van der Waals surface area (Å²) in [4.78, 5) is 21.5. The first-order valence-corrected chi connectivity index (χ1v) is 7.94. The Hall–Kier alpha value is -1.86. The number of carboxylic acid groups (broad SMARTS) is 1. The second kappa shape index (κ2) is 6.57. The molecule has 2 rings (SSSR count). The fraction of sp³-hybridized carbons (Fsp3) is 0.688. The number of carbonyl (C=O) groups is 1. The second-order valence-corrected chi connectivity index (χ2v) is 6.82. The molecule has 2 heterocycles. The Morgan fingerprint density at radius 2 is 1.83 bits per heavy atom. The Balaban J connectivity index is 2.39. The van der Waals surface area contributed by atoms with Gasteiger partial charge in [0.15, 0.2) is 0 Å². The van der Waals surface area contributed by atoms with Crippen LogP contribution >= 0.6 is 0 Å². The molecule has 8 heteroatoms. The van der Waals surface area contributed by atoms with E-state index in [0.717, 1.165) is 5.69 Å². The lowest BCUT2D eigenvalue weighted by molar-refractivity contribution is -0.187. The van der Waals surface area contributed by atoms with Crippen LogP contribution in [0.5, 0.6) is 0 Å². The van der Waals surface area contributed by atoms with Crippen molar-refractivity contribution in [1.29, 1.82) is 0 Å². The molecule has 2 atom stereocenters. The summed E-state index contributed by atoms with van der Waals surface area (Å²) in [6.07, 6.45) is -4.55. The fourth-order valence-electron chi connectivity index (χ4n) is 2.76. The van der Waals surface area contributed by atoms with Crippen LogP contribution in [0.3, 0.4) is 0 Å². The van der Waals surface area contributed by atoms with Crippen LogP contribution in [0.25, 0.3) is 0 Å². The molecule has 1 aliphatic rings. The highest BCUT2D eigenvalue weighted by Crippen LogP contribution is 2.39. The van der Waals surface area contributed by atoms with Crippen LogP contribution in [0.4, 0.5) is 19.0 Å². The molecule has 0 aliphatic carbocycles. The van der Waals surface area contributed by atoms with E-state index in [0.29, 0.717) is 11.6 Å². The summed E-state index contributed by atoms with van der Waals surface area (Å²) < 4.78 is 39.5. The highest BCUT2D eigenvalue weighted by molar-refractivity contribution is 5.72. The van der Waals surface area contributed by atoms with Crippen LogP contribution in [0.1, 0.15) is 51.0 Å². The fourth-order valence-corrected chi connectivity index (χ4v) is 2.76. The van der Waals surface area contributed by atoms with Gasteiger partial charge in [0, 0.05) is 30.8 Å². The van der Waals surface area contributed by atoms with Crippen LogP contribution < -0.4 is 4.90 Å². The highest BCUT2D eigenvalue weighted by atomic mass is 19.4. The van der Waals surface area contributed by atoms with Crippen molar-refractivity contribution in [3.8, 4) is 0 Å². The normalized spacial score (nSPS) is 21.8. The third kappa shape index (κ3) is 3.79. The van der Waals surface area contributed by atoms with E-state index in [9.17, 15) is 18.0 Å². The number of hydrogen-bond donors (Lipinski definition) is 1. The largest absolute Gasteiger partial charge is 0.481 e. The number of rotatable bonds is 4. The Morgan fingerprint density at radius 3 is 2.25 bits per heavy atom. The smallest absolute Gasteiger partial charge is 0.394 e. The summed E-state index contributed by atoms with van der Waals surface area (Å²) in [5.74, 6) is -3.75. The van der Waals surface area contributed by atoms with E-state index in [1.807, 2.05) is 27.7 Å². The number of anilines is 1. The molecule has 0 spiro atoms. The number of nitrogens with zero attached hydrogens (tertiary/aromatic N) is 3. The Labute approximate surface area is 138 Å². The summed E-state index contributed by atoms with van der Waals surface area (Å²) in [5.41, 5.74) is 0.742. The van der Waals surface area contributed by atoms with Gasteiger partial charge >= 0.3 is 12.1 Å². The lowest BCUT2D eigenvalue weighted by Crippen LogP contribution is -2.33. The maximum Gasteiger partial charge on any atom is 0.394 e. The molecular formula is C16H22F3N3O2. The van der Waals surface area contributed by atoms with Gasteiger partial charge in [-0.2, -0.15) is 13.2 Å². The summed E-state index contributed by atoms with van der Waals surface area (Å²) >= 11 is 0. The predicted molar refractivity (Wildman–Crippen MR) is 83.1 cm³/mol. The van der Waals surface area contributed by atoms with Gasteiger partial charge < -0.3 is 10.0 Å². The highest BCUT2D eigenvalue weighted by Gasteiger charge is 2.53.